The molecule has 1 unspecified atom stereocenters. The molecule has 1 aliphatic carbocycles. The number of ether oxygens (including phenoxy) is 1. The summed E-state index contributed by atoms with van der Waals surface area (Å²) in [7, 11) is 0. The van der Waals surface area contributed by atoms with Crippen molar-refractivity contribution in [1.82, 2.24) is 15.5 Å². The Hall–Kier alpha value is -0.940. The van der Waals surface area contributed by atoms with Crippen LogP contribution in [0, 0.1) is 0 Å². The van der Waals surface area contributed by atoms with Crippen molar-refractivity contribution in [2.24, 2.45) is 0 Å². The fraction of sp³-hybridized carbons (Fsp3) is 0.778. The number of hydrogen-bond donors (Lipinski definition) is 1. The number of rotatable bonds is 2. The zero-order valence-electron chi connectivity index (χ0n) is 7.90. The van der Waals surface area contributed by atoms with Crippen LogP contribution in [0.3, 0.4) is 0 Å². The highest BCUT2D eigenvalue weighted by Crippen LogP contribution is 2.39. The van der Waals surface area contributed by atoms with Gasteiger partial charge in [-0.15, -0.1) is 10.2 Å². The number of aromatic nitrogens is 2. The van der Waals surface area contributed by atoms with Crippen LogP contribution in [0.4, 0.5) is 0 Å². The first-order valence-electron chi connectivity index (χ1n) is 5.09. The second-order valence-electron chi connectivity index (χ2n) is 3.82. The van der Waals surface area contributed by atoms with Crippen LogP contribution in [-0.4, -0.2) is 29.9 Å². The molecule has 0 aromatic carbocycles. The lowest BCUT2D eigenvalue weighted by atomic mass is 10.3. The zero-order valence-corrected chi connectivity index (χ0v) is 7.90. The summed E-state index contributed by atoms with van der Waals surface area (Å²) in [4.78, 5) is 0. The molecule has 1 aromatic rings. The summed E-state index contributed by atoms with van der Waals surface area (Å²) >= 11 is 0. The molecule has 2 fully saturated rings. The summed E-state index contributed by atoms with van der Waals surface area (Å²) in [6.07, 6.45) is 2.32. The Morgan fingerprint density at radius 1 is 1.21 bits per heavy atom. The molecule has 1 N–H and O–H groups in total. The Kier molecular flexibility index (Phi) is 1.99. The molecular formula is C9H13N3O2. The minimum atomic E-state index is -0.0521. The van der Waals surface area contributed by atoms with Crippen molar-refractivity contribution in [3.05, 3.63) is 11.8 Å². The largest absolute Gasteiger partial charge is 0.422 e. The normalized spacial score (nSPS) is 27.9. The molecule has 1 aromatic heterocycles. The Balaban J connectivity index is 1.74. The van der Waals surface area contributed by atoms with E-state index >= 15 is 0 Å². The van der Waals surface area contributed by atoms with Crippen LogP contribution in [0.15, 0.2) is 4.42 Å². The third kappa shape index (κ3) is 1.53. The maximum atomic E-state index is 5.56. The van der Waals surface area contributed by atoms with E-state index in [1.165, 1.54) is 12.8 Å². The fourth-order valence-corrected chi connectivity index (χ4v) is 1.60. The molecule has 1 atom stereocenters. The van der Waals surface area contributed by atoms with E-state index in [0.29, 0.717) is 18.4 Å². The first-order chi connectivity index (χ1) is 6.93. The first kappa shape index (κ1) is 8.38. The van der Waals surface area contributed by atoms with E-state index in [1.54, 1.807) is 0 Å². The van der Waals surface area contributed by atoms with E-state index in [4.69, 9.17) is 9.15 Å². The molecule has 1 saturated heterocycles. The number of nitrogens with one attached hydrogen (secondary N) is 1. The van der Waals surface area contributed by atoms with Crippen molar-refractivity contribution in [2.45, 2.75) is 24.9 Å². The Morgan fingerprint density at radius 2 is 2.07 bits per heavy atom. The minimum absolute atomic E-state index is 0.0521. The van der Waals surface area contributed by atoms with Gasteiger partial charge >= 0.3 is 0 Å². The lowest BCUT2D eigenvalue weighted by Crippen LogP contribution is -2.33. The maximum Gasteiger partial charge on any atom is 0.246 e. The van der Waals surface area contributed by atoms with Gasteiger partial charge in [-0.05, 0) is 12.8 Å². The fourth-order valence-electron chi connectivity index (χ4n) is 1.60. The molecule has 0 radical (unpaired) electrons. The van der Waals surface area contributed by atoms with Crippen LogP contribution < -0.4 is 5.32 Å². The molecule has 0 amide bonds. The lowest BCUT2D eigenvalue weighted by molar-refractivity contribution is 0.0102. The van der Waals surface area contributed by atoms with Crippen molar-refractivity contribution in [3.63, 3.8) is 0 Å². The standard InChI is InChI=1S/C9H13N3O2/c1-2-6(1)8-11-12-9(14-8)7-5-10-3-4-13-7/h6-7,10H,1-5H2. The van der Waals surface area contributed by atoms with E-state index in [-0.39, 0.29) is 6.10 Å². The third-order valence-corrected chi connectivity index (χ3v) is 2.59. The van der Waals surface area contributed by atoms with Crippen LogP contribution in [0.1, 0.15) is 36.6 Å². The zero-order chi connectivity index (χ0) is 9.38. The molecular weight excluding hydrogens is 182 g/mol. The summed E-state index contributed by atoms with van der Waals surface area (Å²) in [6, 6.07) is 0. The summed E-state index contributed by atoms with van der Waals surface area (Å²) in [5.41, 5.74) is 0. The maximum absolute atomic E-state index is 5.56. The molecule has 14 heavy (non-hydrogen) atoms. The van der Waals surface area contributed by atoms with E-state index < -0.39 is 0 Å². The molecule has 1 aliphatic heterocycles. The second-order valence-corrected chi connectivity index (χ2v) is 3.82. The van der Waals surface area contributed by atoms with E-state index in [1.807, 2.05) is 0 Å². The molecule has 1 saturated carbocycles. The molecule has 0 bridgehead atoms. The van der Waals surface area contributed by atoms with E-state index in [9.17, 15) is 0 Å². The Morgan fingerprint density at radius 3 is 2.79 bits per heavy atom. The van der Waals surface area contributed by atoms with Crippen LogP contribution in [0.25, 0.3) is 0 Å². The van der Waals surface area contributed by atoms with Gasteiger partial charge in [0.15, 0.2) is 0 Å². The van der Waals surface area contributed by atoms with Crippen molar-refractivity contribution in [3.8, 4) is 0 Å². The van der Waals surface area contributed by atoms with Gasteiger partial charge in [-0.1, -0.05) is 0 Å². The van der Waals surface area contributed by atoms with Crippen LogP contribution in [0.2, 0.25) is 0 Å². The molecule has 5 heteroatoms. The van der Waals surface area contributed by atoms with Crippen LogP contribution >= 0.6 is 0 Å². The van der Waals surface area contributed by atoms with Crippen LogP contribution in [0.5, 0.6) is 0 Å². The van der Waals surface area contributed by atoms with Crippen molar-refractivity contribution in [2.75, 3.05) is 19.7 Å². The third-order valence-electron chi connectivity index (χ3n) is 2.59. The van der Waals surface area contributed by atoms with Gasteiger partial charge in [-0.3, -0.25) is 0 Å². The van der Waals surface area contributed by atoms with E-state index in [0.717, 1.165) is 19.0 Å². The topological polar surface area (TPSA) is 60.2 Å². The Bertz CT molecular complexity index is 316. The van der Waals surface area contributed by atoms with Crippen LogP contribution in [-0.2, 0) is 4.74 Å². The summed E-state index contributed by atoms with van der Waals surface area (Å²) in [5.74, 6) is 1.93. The van der Waals surface area contributed by atoms with Gasteiger partial charge in [0.25, 0.3) is 0 Å². The summed E-state index contributed by atoms with van der Waals surface area (Å²) in [5, 5.41) is 11.3. The summed E-state index contributed by atoms with van der Waals surface area (Å²) in [6.45, 7) is 2.39. The first-order valence-corrected chi connectivity index (χ1v) is 5.09. The van der Waals surface area contributed by atoms with Gasteiger partial charge in [0.05, 0.1) is 6.61 Å². The van der Waals surface area contributed by atoms with Gasteiger partial charge in [0.2, 0.25) is 11.8 Å². The van der Waals surface area contributed by atoms with Gasteiger partial charge in [0, 0.05) is 19.0 Å². The molecule has 2 heterocycles. The number of nitrogens with zero attached hydrogens (tertiary/aromatic N) is 2. The average Bonchev–Trinajstić information content (AvgIpc) is 2.98. The lowest BCUT2D eigenvalue weighted by Gasteiger charge is -2.20. The van der Waals surface area contributed by atoms with Gasteiger partial charge in [-0.2, -0.15) is 0 Å². The molecule has 5 nitrogen and oxygen atoms in total. The monoisotopic (exact) mass is 195 g/mol. The smallest absolute Gasteiger partial charge is 0.246 e. The number of hydrogen-bond acceptors (Lipinski definition) is 5. The van der Waals surface area contributed by atoms with Crippen molar-refractivity contribution >= 4 is 0 Å². The van der Waals surface area contributed by atoms with Gasteiger partial charge in [-0.25, -0.2) is 0 Å². The highest BCUT2D eigenvalue weighted by Gasteiger charge is 2.31. The minimum Gasteiger partial charge on any atom is -0.422 e. The highest BCUT2D eigenvalue weighted by molar-refractivity contribution is 5.01. The Labute approximate surface area is 81.8 Å². The average molecular weight is 195 g/mol. The molecule has 76 valence electrons. The highest BCUT2D eigenvalue weighted by atomic mass is 16.5. The number of morpholine rings is 1. The molecule has 3 rings (SSSR count). The van der Waals surface area contributed by atoms with Gasteiger partial charge in [0.1, 0.15) is 6.10 Å². The summed E-state index contributed by atoms with van der Waals surface area (Å²) < 4.78 is 11.1. The van der Waals surface area contributed by atoms with E-state index in [2.05, 4.69) is 15.5 Å². The molecule has 0 spiro atoms. The SMILES string of the molecule is C1COC(c2nnc(C3CC3)o2)CN1. The molecule has 2 aliphatic rings. The predicted octanol–water partition coefficient (Wildman–Crippen LogP) is 0.608. The van der Waals surface area contributed by atoms with Gasteiger partial charge < -0.3 is 14.5 Å². The predicted molar refractivity (Wildman–Crippen MR) is 47.8 cm³/mol. The van der Waals surface area contributed by atoms with Crippen molar-refractivity contribution < 1.29 is 9.15 Å². The van der Waals surface area contributed by atoms with Crippen molar-refractivity contribution in [1.29, 1.82) is 0 Å². The quantitative estimate of drug-likeness (QED) is 0.749. The second kappa shape index (κ2) is 3.33.